The fraction of sp³-hybridized carbons (Fsp3) is 0.538. The lowest BCUT2D eigenvalue weighted by Crippen LogP contribution is -2.67. The molecular weight excluding hydrogens is 1180 g/mol. The number of carbonyl (C=O) groups is 6. The molecule has 0 radical (unpaired) electrons. The number of halogens is 5. The summed E-state index contributed by atoms with van der Waals surface area (Å²) in [7, 11) is -6.36. The van der Waals surface area contributed by atoms with E-state index in [0.29, 0.717) is 12.7 Å². The lowest BCUT2D eigenvalue weighted by Gasteiger charge is -2.56. The lowest BCUT2D eigenvalue weighted by atomic mass is 9.44. The highest BCUT2D eigenvalue weighted by Gasteiger charge is 2.73. The van der Waals surface area contributed by atoms with Crippen molar-refractivity contribution in [3.05, 3.63) is 58.2 Å². The quantitative estimate of drug-likeness (QED) is 0.0556. The van der Waals surface area contributed by atoms with Crippen LogP contribution in [-0.2, 0) is 68.1 Å². The van der Waals surface area contributed by atoms with Gasteiger partial charge in [-0.1, -0.05) is 19.1 Å². The molecule has 0 aliphatic carbocycles. The number of phenols is 1. The van der Waals surface area contributed by atoms with Crippen molar-refractivity contribution in [2.45, 2.75) is 78.8 Å². The van der Waals surface area contributed by atoms with Crippen molar-refractivity contribution in [2.24, 2.45) is 21.7 Å². The highest BCUT2D eigenvalue weighted by molar-refractivity contribution is 14.1. The molecule has 0 amide bonds. The summed E-state index contributed by atoms with van der Waals surface area (Å²) < 4.78 is 96.2. The summed E-state index contributed by atoms with van der Waals surface area (Å²) in [4.78, 5) is 83.6. The predicted molar refractivity (Wildman–Crippen MR) is 233 cm³/mol. The number of cyclic esters (lactones) is 1. The van der Waals surface area contributed by atoms with E-state index >= 15 is 0 Å². The Labute approximate surface area is 392 Å². The number of alkyl halides is 2. The molecule has 3 unspecified atom stereocenters. The Balaban J connectivity index is 2.15. The minimum atomic E-state index is -6.36. The van der Waals surface area contributed by atoms with Crippen molar-refractivity contribution >= 4 is 114 Å². The number of esters is 5. The van der Waals surface area contributed by atoms with Crippen LogP contribution in [0.1, 0.15) is 77.7 Å². The SMILES string of the molecule is CC(C)(OC(=O)C(C)(C)C(C)(C(=O)OC1CCOC1=O)C(C)(C(=O)COCCOC(=O)c1cc(I)c(O)c(I)c1)C(C)(C)C(=O)OCC(F)(F)S(=O)(=O)[O-])c1cccc(I)c1. The van der Waals surface area contributed by atoms with Gasteiger partial charge in [-0.2, -0.15) is 8.78 Å². The van der Waals surface area contributed by atoms with Gasteiger partial charge in [-0.15, -0.1) is 0 Å². The molecule has 61 heavy (non-hydrogen) atoms. The smallest absolute Gasteiger partial charge is 0.367 e. The average Bonchev–Trinajstić information content (AvgIpc) is 3.56. The normalized spacial score (nSPS) is 17.0. The van der Waals surface area contributed by atoms with E-state index in [2.05, 4.69) is 22.6 Å². The summed E-state index contributed by atoms with van der Waals surface area (Å²) in [6.07, 6.45) is -1.67. The van der Waals surface area contributed by atoms with Crippen molar-refractivity contribution in [3.8, 4) is 5.75 Å². The van der Waals surface area contributed by atoms with Crippen LogP contribution in [0, 0.1) is 32.4 Å². The molecule has 3 atom stereocenters. The molecule has 1 saturated heterocycles. The molecule has 22 heteroatoms. The first-order valence-electron chi connectivity index (χ1n) is 18.1. The van der Waals surface area contributed by atoms with E-state index in [9.17, 15) is 55.6 Å². The topological polar surface area (TPSA) is 235 Å². The van der Waals surface area contributed by atoms with Gasteiger partial charge in [0.15, 0.2) is 22.5 Å². The number of phenolic OH excluding ortho intramolecular Hbond substituents is 1. The van der Waals surface area contributed by atoms with Crippen LogP contribution in [0.2, 0.25) is 0 Å². The summed E-state index contributed by atoms with van der Waals surface area (Å²) in [5, 5.41) is 4.91. The second kappa shape index (κ2) is 19.5. The van der Waals surface area contributed by atoms with E-state index in [-0.39, 0.29) is 24.3 Å². The number of ketones is 1. The first kappa shape index (κ1) is 52.5. The maximum atomic E-state index is 14.9. The summed E-state index contributed by atoms with van der Waals surface area (Å²) >= 11 is 5.69. The summed E-state index contributed by atoms with van der Waals surface area (Å²) in [6.45, 7) is 5.23. The van der Waals surface area contributed by atoms with E-state index in [1.54, 1.807) is 38.1 Å². The molecule has 3 rings (SSSR count). The molecule has 2 aromatic rings. The van der Waals surface area contributed by atoms with Gasteiger partial charge in [0.2, 0.25) is 6.10 Å². The van der Waals surface area contributed by atoms with Crippen molar-refractivity contribution < 1.29 is 84.0 Å². The van der Waals surface area contributed by atoms with Gasteiger partial charge in [-0.3, -0.25) is 19.2 Å². The van der Waals surface area contributed by atoms with Gasteiger partial charge in [0, 0.05) is 9.99 Å². The first-order chi connectivity index (χ1) is 27.8. The number of aromatic hydroxyl groups is 1. The van der Waals surface area contributed by atoms with Crippen LogP contribution in [0.15, 0.2) is 36.4 Å². The molecule has 0 aromatic heterocycles. The van der Waals surface area contributed by atoms with Crippen LogP contribution in [0.4, 0.5) is 8.78 Å². The fourth-order valence-corrected chi connectivity index (χ4v) is 9.04. The molecule has 1 N–H and O–H groups in total. The number of Topliss-reactive ketones (excluding diaryl/α,β-unsaturated/α-hetero) is 1. The van der Waals surface area contributed by atoms with Crippen LogP contribution < -0.4 is 0 Å². The molecule has 1 aliphatic rings. The standard InChI is InChI=1S/C39H45F2I3O16S/c1-34(2,31(49)58-20-39(40,41)61(52,53)54)37(7,27(45)19-55-14-15-57-29(47)21-16-24(43)28(46)25(44)17-21)38(8,33(51)59-26-12-13-56-30(26)48)35(3,4)32(50)60-36(5,6)22-10-9-11-23(42)18-22/h9-11,16-18,26,46H,12-15,19-20H2,1-8H3,(H,52,53,54)/p-1. The summed E-state index contributed by atoms with van der Waals surface area (Å²) in [5.41, 5.74) is -10.9. The second-order valence-corrected chi connectivity index (χ2v) is 20.9. The lowest BCUT2D eigenvalue weighted by molar-refractivity contribution is -0.216. The van der Waals surface area contributed by atoms with Gasteiger partial charge < -0.3 is 38.1 Å². The Hall–Kier alpha value is -2.82. The highest BCUT2D eigenvalue weighted by atomic mass is 127. The summed E-state index contributed by atoms with van der Waals surface area (Å²) in [5.74, 6) is -7.24. The Kier molecular flexibility index (Phi) is 16.8. The zero-order valence-corrected chi connectivity index (χ0v) is 41.4. The molecule has 2 aromatic carbocycles. The third-order valence-electron chi connectivity index (χ3n) is 11.2. The van der Waals surface area contributed by atoms with Gasteiger partial charge in [-0.05, 0) is 146 Å². The molecule has 0 spiro atoms. The van der Waals surface area contributed by atoms with Crippen LogP contribution in [-0.4, -0.2) is 98.1 Å². The van der Waals surface area contributed by atoms with E-state index < -0.39 is 111 Å². The average molecular weight is 1220 g/mol. The monoisotopic (exact) mass is 1220 g/mol. The third kappa shape index (κ3) is 10.9. The third-order valence-corrected chi connectivity index (χ3v) is 14.3. The van der Waals surface area contributed by atoms with Crippen LogP contribution in [0.3, 0.4) is 0 Å². The van der Waals surface area contributed by atoms with Crippen molar-refractivity contribution in [1.82, 2.24) is 0 Å². The van der Waals surface area contributed by atoms with Gasteiger partial charge >= 0.3 is 35.1 Å². The number of rotatable bonds is 19. The van der Waals surface area contributed by atoms with Gasteiger partial charge in [0.05, 0.1) is 47.6 Å². The summed E-state index contributed by atoms with van der Waals surface area (Å²) in [6, 6.07) is 9.65. The van der Waals surface area contributed by atoms with Crippen molar-refractivity contribution in [1.29, 1.82) is 0 Å². The molecule has 1 heterocycles. The van der Waals surface area contributed by atoms with E-state index in [1.165, 1.54) is 26.0 Å². The molecule has 338 valence electrons. The van der Waals surface area contributed by atoms with Gasteiger partial charge in [0.1, 0.15) is 24.6 Å². The number of hydrogen-bond acceptors (Lipinski definition) is 16. The number of ether oxygens (including phenoxy) is 6. The minimum Gasteiger partial charge on any atom is -0.743 e. The maximum Gasteiger partial charge on any atom is 0.367 e. The zero-order valence-electron chi connectivity index (χ0n) is 34.2. The second-order valence-electron chi connectivity index (χ2n) is 15.8. The molecule has 0 saturated carbocycles. The zero-order chi connectivity index (χ0) is 46.7. The molecule has 1 fully saturated rings. The Bertz CT molecular complexity index is 2150. The predicted octanol–water partition coefficient (Wildman–Crippen LogP) is 6.03. The van der Waals surface area contributed by atoms with Crippen LogP contribution in [0.5, 0.6) is 5.75 Å². The van der Waals surface area contributed by atoms with Crippen molar-refractivity contribution in [3.63, 3.8) is 0 Å². The van der Waals surface area contributed by atoms with E-state index in [4.69, 9.17) is 28.4 Å². The van der Waals surface area contributed by atoms with E-state index in [1.807, 2.05) is 45.2 Å². The maximum absolute atomic E-state index is 14.9. The molecule has 16 nitrogen and oxygen atoms in total. The Morgan fingerprint density at radius 3 is 1.95 bits per heavy atom. The van der Waals surface area contributed by atoms with Gasteiger partial charge in [0.25, 0.3) is 0 Å². The number of carbonyl (C=O) groups excluding carboxylic acids is 6. The van der Waals surface area contributed by atoms with E-state index in [0.717, 1.165) is 31.3 Å². The fourth-order valence-electron chi connectivity index (χ4n) is 6.53. The number of hydrogen-bond donors (Lipinski definition) is 1. The largest absolute Gasteiger partial charge is 0.743 e. The van der Waals surface area contributed by atoms with Crippen LogP contribution in [0.25, 0.3) is 0 Å². The first-order valence-corrected chi connectivity index (χ1v) is 22.8. The van der Waals surface area contributed by atoms with Gasteiger partial charge in [-0.25, -0.2) is 18.0 Å². The number of benzene rings is 2. The molecule has 0 bridgehead atoms. The molecule has 1 aliphatic heterocycles. The molecular formula is C39H44F2I3O16S-. The van der Waals surface area contributed by atoms with Crippen LogP contribution >= 0.6 is 67.8 Å². The Morgan fingerprint density at radius 1 is 0.852 bits per heavy atom. The Morgan fingerprint density at radius 2 is 1.43 bits per heavy atom. The van der Waals surface area contributed by atoms with Crippen molar-refractivity contribution in [2.75, 3.05) is 33.0 Å². The minimum absolute atomic E-state index is 0.0382. The highest BCUT2D eigenvalue weighted by Crippen LogP contribution is 2.62.